The summed E-state index contributed by atoms with van der Waals surface area (Å²) in [7, 11) is 4.06. The van der Waals surface area contributed by atoms with Gasteiger partial charge < -0.3 is 4.90 Å². The Hall–Kier alpha value is -1.41. The summed E-state index contributed by atoms with van der Waals surface area (Å²) < 4.78 is 0. The van der Waals surface area contributed by atoms with Gasteiger partial charge in [-0.25, -0.2) is 0 Å². The molecule has 0 aromatic heterocycles. The zero-order valence-corrected chi connectivity index (χ0v) is 13.0. The van der Waals surface area contributed by atoms with Crippen molar-refractivity contribution in [3.63, 3.8) is 0 Å². The Balaban J connectivity index is 2.59. The molecule has 1 atom stereocenters. The number of carbonyl (C=O) groups is 1. The highest BCUT2D eigenvalue weighted by Gasteiger charge is 2.16. The molecule has 2 heteroatoms. The molecular weight excluding hydrogens is 246 g/mol. The Morgan fingerprint density at radius 2 is 1.90 bits per heavy atom. The highest BCUT2D eigenvalue weighted by Crippen LogP contribution is 2.14. The van der Waals surface area contributed by atoms with Gasteiger partial charge in [-0.2, -0.15) is 0 Å². The molecular formula is C18H27NO. The predicted molar refractivity (Wildman–Crippen MR) is 86.7 cm³/mol. The second kappa shape index (κ2) is 9.49. The molecule has 1 unspecified atom stereocenters. The van der Waals surface area contributed by atoms with E-state index in [0.717, 1.165) is 24.9 Å². The number of hydrogen-bond acceptors (Lipinski definition) is 2. The standard InChI is InChI=1S/C18H27NO/c1-4-5-7-12-17(15-19(2)3)18(20)14-13-16-10-8-6-9-11-16/h6,8-11,13-14,17H,4-5,7,12,15H2,1-3H3/b14-13+. The maximum absolute atomic E-state index is 12.3. The van der Waals surface area contributed by atoms with Crippen LogP contribution in [0.4, 0.5) is 0 Å². The quantitative estimate of drug-likeness (QED) is 0.500. The molecule has 2 nitrogen and oxygen atoms in total. The molecule has 0 aliphatic carbocycles. The first kappa shape index (κ1) is 16.6. The van der Waals surface area contributed by atoms with Gasteiger partial charge in [-0.05, 0) is 32.2 Å². The summed E-state index contributed by atoms with van der Waals surface area (Å²) in [5.41, 5.74) is 1.08. The number of rotatable bonds is 9. The molecule has 0 aliphatic rings. The molecule has 1 rings (SSSR count). The zero-order chi connectivity index (χ0) is 14.8. The maximum Gasteiger partial charge on any atom is 0.160 e. The summed E-state index contributed by atoms with van der Waals surface area (Å²) in [6.07, 6.45) is 8.20. The minimum atomic E-state index is 0.122. The van der Waals surface area contributed by atoms with Gasteiger partial charge in [-0.15, -0.1) is 0 Å². The maximum atomic E-state index is 12.3. The van der Waals surface area contributed by atoms with E-state index in [2.05, 4.69) is 11.8 Å². The van der Waals surface area contributed by atoms with Gasteiger partial charge in [0.25, 0.3) is 0 Å². The van der Waals surface area contributed by atoms with Crippen LogP contribution in [-0.2, 0) is 4.79 Å². The third-order valence-electron chi connectivity index (χ3n) is 3.38. The molecule has 0 fully saturated rings. The van der Waals surface area contributed by atoms with E-state index in [1.54, 1.807) is 6.08 Å². The van der Waals surface area contributed by atoms with Gasteiger partial charge >= 0.3 is 0 Å². The fraction of sp³-hybridized carbons (Fsp3) is 0.500. The van der Waals surface area contributed by atoms with Crippen molar-refractivity contribution >= 4 is 11.9 Å². The Bertz CT molecular complexity index is 409. The fourth-order valence-electron chi connectivity index (χ4n) is 2.28. The van der Waals surface area contributed by atoms with Gasteiger partial charge in [-0.3, -0.25) is 4.79 Å². The van der Waals surface area contributed by atoms with Crippen LogP contribution in [0.1, 0.15) is 38.2 Å². The molecule has 0 spiro atoms. The fourth-order valence-corrected chi connectivity index (χ4v) is 2.28. The first-order valence-electron chi connectivity index (χ1n) is 7.55. The van der Waals surface area contributed by atoms with Crippen molar-refractivity contribution in [3.05, 3.63) is 42.0 Å². The lowest BCUT2D eigenvalue weighted by atomic mass is 9.95. The number of hydrogen-bond donors (Lipinski definition) is 0. The first-order chi connectivity index (χ1) is 9.63. The molecule has 110 valence electrons. The Morgan fingerprint density at radius 3 is 2.50 bits per heavy atom. The molecule has 0 aliphatic heterocycles. The van der Waals surface area contributed by atoms with Crippen molar-refractivity contribution < 1.29 is 4.79 Å². The number of nitrogens with zero attached hydrogens (tertiary/aromatic N) is 1. The van der Waals surface area contributed by atoms with Crippen LogP contribution in [-0.4, -0.2) is 31.3 Å². The van der Waals surface area contributed by atoms with Crippen LogP contribution in [0.3, 0.4) is 0 Å². The van der Waals surface area contributed by atoms with Gasteiger partial charge in [0.15, 0.2) is 5.78 Å². The van der Waals surface area contributed by atoms with Gasteiger partial charge in [0.05, 0.1) is 0 Å². The van der Waals surface area contributed by atoms with Crippen molar-refractivity contribution in [1.82, 2.24) is 4.90 Å². The average Bonchev–Trinajstić information content (AvgIpc) is 2.44. The van der Waals surface area contributed by atoms with Crippen molar-refractivity contribution in [3.8, 4) is 0 Å². The molecule has 0 bridgehead atoms. The summed E-state index contributed by atoms with van der Waals surface area (Å²) in [4.78, 5) is 14.4. The first-order valence-corrected chi connectivity index (χ1v) is 7.55. The smallest absolute Gasteiger partial charge is 0.160 e. The Labute approximate surface area is 123 Å². The van der Waals surface area contributed by atoms with Gasteiger partial charge in [0.1, 0.15) is 0 Å². The minimum absolute atomic E-state index is 0.122. The van der Waals surface area contributed by atoms with Gasteiger partial charge in [-0.1, -0.05) is 62.6 Å². The molecule has 0 amide bonds. The van der Waals surface area contributed by atoms with E-state index < -0.39 is 0 Å². The topological polar surface area (TPSA) is 20.3 Å². The van der Waals surface area contributed by atoms with Crippen LogP contribution < -0.4 is 0 Å². The number of ketones is 1. The van der Waals surface area contributed by atoms with Crippen LogP contribution in [0.25, 0.3) is 6.08 Å². The van der Waals surface area contributed by atoms with E-state index in [0.29, 0.717) is 0 Å². The zero-order valence-electron chi connectivity index (χ0n) is 13.0. The van der Waals surface area contributed by atoms with Crippen LogP contribution in [0.2, 0.25) is 0 Å². The Morgan fingerprint density at radius 1 is 1.20 bits per heavy atom. The summed E-state index contributed by atoms with van der Waals surface area (Å²) >= 11 is 0. The van der Waals surface area contributed by atoms with Gasteiger partial charge in [0.2, 0.25) is 0 Å². The molecule has 20 heavy (non-hydrogen) atoms. The third kappa shape index (κ3) is 6.67. The van der Waals surface area contributed by atoms with Crippen molar-refractivity contribution in [2.24, 2.45) is 5.92 Å². The van der Waals surface area contributed by atoms with Crippen LogP contribution in [0.5, 0.6) is 0 Å². The highest BCUT2D eigenvalue weighted by atomic mass is 16.1. The van der Waals surface area contributed by atoms with Crippen molar-refractivity contribution in [2.45, 2.75) is 32.6 Å². The number of allylic oxidation sites excluding steroid dienone is 1. The lowest BCUT2D eigenvalue weighted by molar-refractivity contribution is -0.118. The molecule has 1 aromatic rings. The van der Waals surface area contributed by atoms with E-state index in [9.17, 15) is 4.79 Å². The molecule has 0 heterocycles. The minimum Gasteiger partial charge on any atom is -0.309 e. The highest BCUT2D eigenvalue weighted by molar-refractivity contribution is 5.95. The molecule has 0 N–H and O–H groups in total. The summed E-state index contributed by atoms with van der Waals surface area (Å²) in [5, 5.41) is 0. The van der Waals surface area contributed by atoms with E-state index in [1.165, 1.54) is 12.8 Å². The molecule has 0 saturated heterocycles. The number of carbonyl (C=O) groups excluding carboxylic acids is 1. The SMILES string of the molecule is CCCCCC(CN(C)C)C(=O)/C=C/c1ccccc1. The van der Waals surface area contributed by atoms with E-state index >= 15 is 0 Å². The van der Waals surface area contributed by atoms with Crippen LogP contribution >= 0.6 is 0 Å². The lowest BCUT2D eigenvalue weighted by Gasteiger charge is -2.18. The lowest BCUT2D eigenvalue weighted by Crippen LogP contribution is -2.27. The second-order valence-electron chi connectivity index (χ2n) is 5.60. The third-order valence-corrected chi connectivity index (χ3v) is 3.38. The largest absolute Gasteiger partial charge is 0.309 e. The molecule has 0 radical (unpaired) electrons. The normalized spacial score (nSPS) is 13.0. The van der Waals surface area contributed by atoms with E-state index in [1.807, 2.05) is 50.5 Å². The molecule has 0 saturated carbocycles. The monoisotopic (exact) mass is 273 g/mol. The summed E-state index contributed by atoms with van der Waals surface area (Å²) in [6, 6.07) is 9.99. The number of benzene rings is 1. The number of unbranched alkanes of at least 4 members (excludes halogenated alkanes) is 2. The molecule has 1 aromatic carbocycles. The predicted octanol–water partition coefficient (Wildman–Crippen LogP) is 4.03. The van der Waals surface area contributed by atoms with Crippen molar-refractivity contribution in [2.75, 3.05) is 20.6 Å². The van der Waals surface area contributed by atoms with Crippen LogP contribution in [0.15, 0.2) is 36.4 Å². The van der Waals surface area contributed by atoms with E-state index in [-0.39, 0.29) is 11.7 Å². The average molecular weight is 273 g/mol. The Kier molecular flexibility index (Phi) is 7.89. The summed E-state index contributed by atoms with van der Waals surface area (Å²) in [6.45, 7) is 3.03. The van der Waals surface area contributed by atoms with E-state index in [4.69, 9.17) is 0 Å². The second-order valence-corrected chi connectivity index (χ2v) is 5.60. The van der Waals surface area contributed by atoms with Crippen LogP contribution in [0, 0.1) is 5.92 Å². The van der Waals surface area contributed by atoms with Gasteiger partial charge in [0, 0.05) is 12.5 Å². The van der Waals surface area contributed by atoms with Crippen molar-refractivity contribution in [1.29, 1.82) is 0 Å². The summed E-state index contributed by atoms with van der Waals surface area (Å²) in [5.74, 6) is 0.371.